The molecule has 1 aliphatic carbocycles. The second kappa shape index (κ2) is 14.1. The lowest BCUT2D eigenvalue weighted by atomic mass is 9.98. The van der Waals surface area contributed by atoms with E-state index in [1.165, 1.54) is 17.3 Å². The van der Waals surface area contributed by atoms with Crippen molar-refractivity contribution < 1.29 is 23.2 Å². The number of benzene rings is 2. The lowest BCUT2D eigenvalue weighted by molar-refractivity contribution is -0.132. The first-order valence-corrected chi connectivity index (χ1v) is 18.6. The van der Waals surface area contributed by atoms with Gasteiger partial charge < -0.3 is 19.7 Å². The number of hydrogen-bond donors (Lipinski definition) is 2. The minimum Gasteiger partial charge on any atom is -0.485 e. The van der Waals surface area contributed by atoms with E-state index in [-0.39, 0.29) is 36.1 Å². The number of aryl methyl sites for hydroxylation is 1. The number of methoxy groups -OCH3 is 1. The van der Waals surface area contributed by atoms with Gasteiger partial charge in [0.25, 0.3) is 5.88 Å². The number of carbonyl (C=O) groups is 2. The molecule has 2 aromatic carbocycles. The number of thioether (sulfide) groups is 1. The van der Waals surface area contributed by atoms with Gasteiger partial charge >= 0.3 is 0 Å². The zero-order chi connectivity index (χ0) is 38.3. The summed E-state index contributed by atoms with van der Waals surface area (Å²) in [6, 6.07) is 17.0. The number of nitrogens with one attached hydrogen (secondary N) is 2. The number of pyridine rings is 1. The first-order valence-electron chi connectivity index (χ1n) is 18.8. The highest BCUT2D eigenvalue weighted by Crippen LogP contribution is 2.38. The highest BCUT2D eigenvalue weighted by molar-refractivity contribution is 8.00. The second-order valence-electron chi connectivity index (χ2n) is 13.5. The Labute approximate surface area is 310 Å². The Morgan fingerprint density at radius 1 is 1.12 bits per heavy atom. The summed E-state index contributed by atoms with van der Waals surface area (Å²) in [5, 5.41) is 15.6. The number of aromatic nitrogens is 6. The Morgan fingerprint density at radius 2 is 1.96 bits per heavy atom. The van der Waals surface area contributed by atoms with E-state index in [9.17, 15) is 9.59 Å². The zero-order valence-electron chi connectivity index (χ0n) is 32.0. The molecule has 3 aromatic heterocycles. The Morgan fingerprint density at radius 3 is 2.69 bits per heavy atom. The van der Waals surface area contributed by atoms with E-state index in [1.54, 1.807) is 29.2 Å². The van der Waals surface area contributed by atoms with Crippen LogP contribution in [-0.2, 0) is 16.6 Å². The van der Waals surface area contributed by atoms with Crippen LogP contribution in [0.15, 0.2) is 67.0 Å². The maximum absolute atomic E-state index is 13.9. The maximum atomic E-state index is 13.9. The third-order valence-corrected chi connectivity index (χ3v) is 11.3. The van der Waals surface area contributed by atoms with Crippen LogP contribution in [0.2, 0.25) is 0 Å². The fourth-order valence-corrected chi connectivity index (χ4v) is 7.66. The number of hydrogen-bond acceptors (Lipinski definition) is 10. The molecule has 8 rings (SSSR count). The van der Waals surface area contributed by atoms with Crippen molar-refractivity contribution in [3.63, 3.8) is 0 Å². The molecule has 3 aliphatic rings. The smallest absolute Gasteiger partial charge is 0.257 e. The number of nitrogens with zero attached hydrogens (tertiary/aromatic N) is 7. The van der Waals surface area contributed by atoms with E-state index in [0.29, 0.717) is 66.4 Å². The largest absolute Gasteiger partial charge is 0.485 e. The van der Waals surface area contributed by atoms with Gasteiger partial charge in [0.1, 0.15) is 16.8 Å². The molecule has 13 nitrogen and oxygen atoms in total. The molecule has 1 atom stereocenters. The number of ether oxygens (including phenoxy) is 2. The molecule has 5 heterocycles. The van der Waals surface area contributed by atoms with Crippen molar-refractivity contribution in [2.45, 2.75) is 36.5 Å². The fourth-order valence-electron chi connectivity index (χ4n) is 6.81. The van der Waals surface area contributed by atoms with Gasteiger partial charge in [-0.05, 0) is 73.4 Å². The number of H-pyrrole nitrogens is 1. The minimum atomic E-state index is -2.71. The molecule has 2 amide bonds. The van der Waals surface area contributed by atoms with Gasteiger partial charge in [0.2, 0.25) is 11.8 Å². The van der Waals surface area contributed by atoms with Crippen molar-refractivity contribution >= 4 is 45.7 Å². The van der Waals surface area contributed by atoms with Crippen LogP contribution < -0.4 is 14.8 Å². The molecule has 1 saturated heterocycles. The van der Waals surface area contributed by atoms with Crippen LogP contribution in [0.5, 0.6) is 11.6 Å². The van der Waals surface area contributed by atoms with Crippen molar-refractivity contribution in [2.75, 3.05) is 51.3 Å². The average Bonchev–Trinajstić information content (AvgIpc) is 3.50. The summed E-state index contributed by atoms with van der Waals surface area (Å²) in [5.74, 6) is 0.746. The van der Waals surface area contributed by atoms with Crippen LogP contribution in [0.25, 0.3) is 39.3 Å². The fraction of sp³-hybridized carbons (Fsp3) is 0.368. The zero-order valence-corrected chi connectivity index (χ0v) is 29.8. The SMILES string of the molecule is [2H]C([2H])([2H])Oc1nc(-c2n[nH]c3ccc(NC(=O)[C@]4(SC)CCN(CC(=O)N5CC=C(c6ccc(-c7ncn(C)n7)cc6)CC5)C4)cc23)ccc1OC1CC1. The second-order valence-corrected chi connectivity index (χ2v) is 14.7. The number of carbonyl (C=O) groups excluding carboxylic acids is 2. The molecule has 2 fully saturated rings. The van der Waals surface area contributed by atoms with Crippen LogP contribution in [0, 0.1) is 0 Å². The van der Waals surface area contributed by atoms with Crippen molar-refractivity contribution in [3.8, 4) is 34.4 Å². The van der Waals surface area contributed by atoms with E-state index in [4.69, 9.17) is 13.6 Å². The van der Waals surface area contributed by atoms with Crippen LogP contribution >= 0.6 is 11.8 Å². The lowest BCUT2D eigenvalue weighted by Crippen LogP contribution is -2.45. The Bertz CT molecular complexity index is 2270. The van der Waals surface area contributed by atoms with Gasteiger partial charge in [-0.25, -0.2) is 9.97 Å². The Balaban J connectivity index is 0.900. The average molecular weight is 723 g/mol. The summed E-state index contributed by atoms with van der Waals surface area (Å²) >= 11 is 1.50. The van der Waals surface area contributed by atoms with Gasteiger partial charge in [-0.1, -0.05) is 30.3 Å². The molecule has 5 aromatic rings. The molecule has 0 radical (unpaired) electrons. The summed E-state index contributed by atoms with van der Waals surface area (Å²) in [7, 11) is -0.865. The third-order valence-electron chi connectivity index (χ3n) is 9.95. The van der Waals surface area contributed by atoms with Gasteiger partial charge in [0.15, 0.2) is 11.6 Å². The van der Waals surface area contributed by atoms with Crippen LogP contribution in [-0.4, -0.2) is 108 Å². The number of amides is 2. The van der Waals surface area contributed by atoms with E-state index in [0.717, 1.165) is 30.4 Å². The quantitative estimate of drug-likeness (QED) is 0.191. The third kappa shape index (κ3) is 6.87. The minimum absolute atomic E-state index is 0.0224. The van der Waals surface area contributed by atoms with Gasteiger partial charge in [-0.15, -0.1) is 11.8 Å². The molecule has 2 N–H and O–H groups in total. The lowest BCUT2D eigenvalue weighted by Gasteiger charge is -2.29. The summed E-state index contributed by atoms with van der Waals surface area (Å²) in [6.07, 6.45) is 8.91. The first-order chi connectivity index (χ1) is 26.4. The van der Waals surface area contributed by atoms with Crippen molar-refractivity contribution in [1.82, 2.24) is 39.7 Å². The predicted octanol–water partition coefficient (Wildman–Crippen LogP) is 5.03. The van der Waals surface area contributed by atoms with Gasteiger partial charge in [-0.2, -0.15) is 10.2 Å². The highest BCUT2D eigenvalue weighted by Gasteiger charge is 2.45. The van der Waals surface area contributed by atoms with Gasteiger partial charge in [-0.3, -0.25) is 24.3 Å². The molecule has 0 bridgehead atoms. The summed E-state index contributed by atoms with van der Waals surface area (Å²) in [5.41, 5.74) is 5.46. The Hall–Kier alpha value is -5.21. The predicted molar refractivity (Wildman–Crippen MR) is 201 cm³/mol. The molecule has 2 aliphatic heterocycles. The first kappa shape index (κ1) is 30.4. The monoisotopic (exact) mass is 722 g/mol. The van der Waals surface area contributed by atoms with E-state index < -0.39 is 11.8 Å². The molecule has 52 heavy (non-hydrogen) atoms. The molecule has 0 unspecified atom stereocenters. The molecule has 0 spiro atoms. The van der Waals surface area contributed by atoms with Crippen molar-refractivity contribution in [3.05, 3.63) is 72.6 Å². The number of anilines is 1. The number of rotatable bonds is 11. The topological polar surface area (TPSA) is 143 Å². The van der Waals surface area contributed by atoms with E-state index >= 15 is 0 Å². The highest BCUT2D eigenvalue weighted by atomic mass is 32.2. The molecule has 1 saturated carbocycles. The van der Waals surface area contributed by atoms with Crippen LogP contribution in [0.1, 0.15) is 35.4 Å². The van der Waals surface area contributed by atoms with E-state index in [2.05, 4.69) is 53.7 Å². The Kier molecular flexibility index (Phi) is 8.23. The standard InChI is InChI=1S/C38H41N9O4S/c1-45-23-39-35(44-45)26-6-4-24(5-7-26)25-14-17-47(18-15-25)33(48)21-46-19-16-38(22-46,52-3)37(49)40-27-8-11-30-29(20-27)34(43-42-30)31-12-13-32(36(41-31)50-2)51-28-9-10-28/h4-8,11-14,20,23,28H,9-10,15-19,21-22H2,1-3H3,(H,40,49)(H,42,43)/t38-/m0/s1/i2D3. The molecule has 268 valence electrons. The summed E-state index contributed by atoms with van der Waals surface area (Å²) < 4.78 is 34.8. The molecular weight excluding hydrogens is 679 g/mol. The van der Waals surface area contributed by atoms with Crippen LogP contribution in [0.3, 0.4) is 0 Å². The number of likely N-dealkylation sites (tertiary alicyclic amines) is 1. The number of aromatic amines is 1. The van der Waals surface area contributed by atoms with Crippen molar-refractivity contribution in [2.24, 2.45) is 7.05 Å². The molecular formula is C38H41N9O4S. The summed E-state index contributed by atoms with van der Waals surface area (Å²) in [4.78, 5) is 40.1. The van der Waals surface area contributed by atoms with Gasteiger partial charge in [0.05, 0.1) is 35.0 Å². The number of fused-ring (bicyclic) bond motifs is 1. The van der Waals surface area contributed by atoms with Gasteiger partial charge in [0, 0.05) is 49.9 Å². The normalized spacial score (nSPS) is 20.2. The van der Waals surface area contributed by atoms with Crippen LogP contribution in [0.4, 0.5) is 5.69 Å². The van der Waals surface area contributed by atoms with E-state index in [1.807, 2.05) is 42.5 Å². The maximum Gasteiger partial charge on any atom is 0.257 e. The van der Waals surface area contributed by atoms with Crippen molar-refractivity contribution in [1.29, 1.82) is 0 Å². The summed E-state index contributed by atoms with van der Waals surface area (Å²) in [6.45, 7) is 2.50. The molecule has 14 heteroatoms.